The predicted molar refractivity (Wildman–Crippen MR) is 134 cm³/mol. The van der Waals surface area contributed by atoms with Crippen LogP contribution in [0.3, 0.4) is 0 Å². The number of aliphatic hydroxyl groups is 1. The van der Waals surface area contributed by atoms with Gasteiger partial charge in [0.2, 0.25) is 5.91 Å². The van der Waals surface area contributed by atoms with Gasteiger partial charge in [-0.1, -0.05) is 6.07 Å². The van der Waals surface area contributed by atoms with E-state index in [1.807, 2.05) is 18.3 Å². The minimum atomic E-state index is -0.671. The molecule has 1 saturated heterocycles. The second-order valence-corrected chi connectivity index (χ2v) is 9.66. The van der Waals surface area contributed by atoms with Gasteiger partial charge in [0.05, 0.1) is 6.61 Å². The molecule has 2 fully saturated rings. The molecule has 35 heavy (non-hydrogen) atoms. The Balaban J connectivity index is 1.66. The Morgan fingerprint density at radius 1 is 1.14 bits per heavy atom. The molecule has 2 aromatic carbocycles. The summed E-state index contributed by atoms with van der Waals surface area (Å²) < 4.78 is 16.7. The second-order valence-electron chi connectivity index (χ2n) is 9.66. The third-order valence-electron chi connectivity index (χ3n) is 7.09. The average molecular weight is 479 g/mol. The fraction of sp³-hybridized carbons (Fsp3) is 0.407. The lowest BCUT2D eigenvalue weighted by molar-refractivity contribution is 0.1000. The molecule has 3 aromatic rings. The van der Waals surface area contributed by atoms with Gasteiger partial charge in [0.1, 0.15) is 5.82 Å². The molecule has 0 bridgehead atoms. The summed E-state index contributed by atoms with van der Waals surface area (Å²) in [6, 6.07) is 8.43. The number of benzene rings is 2. The molecule has 184 valence electrons. The lowest BCUT2D eigenvalue weighted by Gasteiger charge is -2.28. The Morgan fingerprint density at radius 3 is 2.60 bits per heavy atom. The molecule has 7 nitrogen and oxygen atoms in total. The second kappa shape index (κ2) is 9.89. The van der Waals surface area contributed by atoms with Crippen LogP contribution in [-0.2, 0) is 19.5 Å². The molecule has 0 atom stereocenters. The summed E-state index contributed by atoms with van der Waals surface area (Å²) in [7, 11) is 0. The molecular weight excluding hydrogens is 447 g/mol. The van der Waals surface area contributed by atoms with Crippen LogP contribution >= 0.6 is 0 Å². The number of nitrogens with zero attached hydrogens (tertiary/aromatic N) is 2. The van der Waals surface area contributed by atoms with Crippen LogP contribution in [0, 0.1) is 11.7 Å². The van der Waals surface area contributed by atoms with Crippen molar-refractivity contribution < 1.29 is 14.3 Å². The number of aliphatic hydroxyl groups excluding tert-OH is 1. The summed E-state index contributed by atoms with van der Waals surface area (Å²) in [6.07, 6.45) is 4.60. The number of hydrogen-bond acceptors (Lipinski definition) is 5. The third kappa shape index (κ3) is 5.00. The Bertz CT molecular complexity index is 1330. The van der Waals surface area contributed by atoms with E-state index in [1.165, 1.54) is 6.07 Å². The maximum Gasteiger partial charge on any atom is 0.258 e. The van der Waals surface area contributed by atoms with Crippen molar-refractivity contribution >= 4 is 16.7 Å². The van der Waals surface area contributed by atoms with Gasteiger partial charge < -0.3 is 20.7 Å². The van der Waals surface area contributed by atoms with Crippen LogP contribution < -0.4 is 16.6 Å². The number of nitrogens with two attached hydrogens (primary N) is 1. The maximum absolute atomic E-state index is 15.2. The summed E-state index contributed by atoms with van der Waals surface area (Å²) in [5.41, 5.74) is 8.45. The summed E-state index contributed by atoms with van der Waals surface area (Å²) in [4.78, 5) is 27.4. The molecule has 0 radical (unpaired) electrons. The normalized spacial score (nSPS) is 16.6. The zero-order chi connectivity index (χ0) is 24.5. The van der Waals surface area contributed by atoms with Gasteiger partial charge in [0.25, 0.3) is 5.56 Å². The minimum absolute atomic E-state index is 0.125. The molecule has 5 rings (SSSR count). The van der Waals surface area contributed by atoms with Crippen LogP contribution in [0.1, 0.15) is 34.3 Å². The molecule has 0 spiro atoms. The number of fused-ring (bicyclic) bond motifs is 1. The molecular formula is C27H31FN4O3. The molecule has 8 heteroatoms. The minimum Gasteiger partial charge on any atom is -0.395 e. The molecule has 2 heterocycles. The maximum atomic E-state index is 15.2. The topological polar surface area (TPSA) is 101 Å². The predicted octanol–water partition coefficient (Wildman–Crippen LogP) is 2.26. The van der Waals surface area contributed by atoms with Crippen LogP contribution in [0.2, 0.25) is 0 Å². The van der Waals surface area contributed by atoms with E-state index in [0.717, 1.165) is 55.5 Å². The number of nitrogens with one attached hydrogen (secondary N) is 1. The standard InChI is InChI=1S/C27H31FN4O3/c28-25-14-19(26(29)34)13-22(24(25)11-17-1-2-17)18-3-4-21-23(12-18)20(15-31-7-5-30-6-8-31)16-32(9-10-33)27(21)35/h3-4,12-14,16-17,30,33H,1-2,5-11,15H2,(H2,29,34). The molecule has 2 aliphatic rings. The molecule has 0 unspecified atom stereocenters. The number of carbonyl (C=O) groups excluding carboxylic acids is 1. The number of halogens is 1. The average Bonchev–Trinajstić information content (AvgIpc) is 3.68. The van der Waals surface area contributed by atoms with Crippen LogP contribution in [0.4, 0.5) is 4.39 Å². The van der Waals surface area contributed by atoms with E-state index >= 15 is 4.39 Å². The number of pyridine rings is 1. The van der Waals surface area contributed by atoms with Crippen molar-refractivity contribution in [2.24, 2.45) is 11.7 Å². The first-order valence-electron chi connectivity index (χ1n) is 12.3. The van der Waals surface area contributed by atoms with Crippen molar-refractivity contribution in [3.8, 4) is 11.1 Å². The zero-order valence-corrected chi connectivity index (χ0v) is 19.7. The highest BCUT2D eigenvalue weighted by molar-refractivity contribution is 5.95. The SMILES string of the molecule is NC(=O)c1cc(F)c(CC2CC2)c(-c2ccc3c(=O)n(CCO)cc(CN4CCNCC4)c3c2)c1. The van der Waals surface area contributed by atoms with Crippen molar-refractivity contribution in [2.75, 3.05) is 32.8 Å². The lowest BCUT2D eigenvalue weighted by atomic mass is 9.91. The highest BCUT2D eigenvalue weighted by Gasteiger charge is 2.26. The molecule has 1 aliphatic heterocycles. The fourth-order valence-corrected chi connectivity index (χ4v) is 5.00. The van der Waals surface area contributed by atoms with Crippen molar-refractivity contribution in [3.63, 3.8) is 0 Å². The number of amides is 1. The van der Waals surface area contributed by atoms with Crippen LogP contribution in [0.25, 0.3) is 21.9 Å². The smallest absolute Gasteiger partial charge is 0.258 e. The van der Waals surface area contributed by atoms with Gasteiger partial charge in [-0.15, -0.1) is 0 Å². The number of rotatable bonds is 8. The van der Waals surface area contributed by atoms with Crippen molar-refractivity contribution in [3.05, 3.63) is 69.4 Å². The molecule has 4 N–H and O–H groups in total. The number of primary amides is 1. The summed E-state index contributed by atoms with van der Waals surface area (Å²) in [5, 5.41) is 14.2. The van der Waals surface area contributed by atoms with E-state index in [4.69, 9.17) is 5.73 Å². The van der Waals surface area contributed by atoms with E-state index in [9.17, 15) is 14.7 Å². The largest absolute Gasteiger partial charge is 0.395 e. The van der Waals surface area contributed by atoms with Gasteiger partial charge in [-0.2, -0.15) is 0 Å². The first kappa shape index (κ1) is 23.7. The van der Waals surface area contributed by atoms with Gasteiger partial charge in [0.15, 0.2) is 0 Å². The van der Waals surface area contributed by atoms with E-state index in [0.29, 0.717) is 35.4 Å². The van der Waals surface area contributed by atoms with Crippen LogP contribution in [-0.4, -0.2) is 53.3 Å². The highest BCUT2D eigenvalue weighted by atomic mass is 19.1. The van der Waals surface area contributed by atoms with Crippen molar-refractivity contribution in [1.29, 1.82) is 0 Å². The summed E-state index contributed by atoms with van der Waals surface area (Å²) in [6.45, 7) is 4.38. The van der Waals surface area contributed by atoms with Gasteiger partial charge in [-0.05, 0) is 77.1 Å². The monoisotopic (exact) mass is 478 g/mol. The lowest BCUT2D eigenvalue weighted by Crippen LogP contribution is -2.43. The quantitative estimate of drug-likeness (QED) is 0.461. The molecule has 1 saturated carbocycles. The number of piperazine rings is 1. The Hall–Kier alpha value is -3.07. The first-order chi connectivity index (χ1) is 16.9. The van der Waals surface area contributed by atoms with E-state index in [-0.39, 0.29) is 24.3 Å². The van der Waals surface area contributed by atoms with Gasteiger partial charge in [0, 0.05) is 56.4 Å². The fourth-order valence-electron chi connectivity index (χ4n) is 5.00. The first-order valence-corrected chi connectivity index (χ1v) is 12.3. The highest BCUT2D eigenvalue weighted by Crippen LogP contribution is 2.38. The van der Waals surface area contributed by atoms with Crippen molar-refractivity contribution in [1.82, 2.24) is 14.8 Å². The Labute approximate surface area is 203 Å². The Morgan fingerprint density at radius 2 is 1.91 bits per heavy atom. The summed E-state index contributed by atoms with van der Waals surface area (Å²) >= 11 is 0. The zero-order valence-electron chi connectivity index (χ0n) is 19.7. The van der Waals surface area contributed by atoms with Gasteiger partial charge >= 0.3 is 0 Å². The van der Waals surface area contributed by atoms with E-state index < -0.39 is 11.7 Å². The number of carbonyl (C=O) groups is 1. The number of hydrogen-bond donors (Lipinski definition) is 3. The third-order valence-corrected chi connectivity index (χ3v) is 7.09. The van der Waals surface area contributed by atoms with E-state index in [1.54, 1.807) is 16.7 Å². The Kier molecular flexibility index (Phi) is 6.69. The molecule has 1 aliphatic carbocycles. The van der Waals surface area contributed by atoms with Crippen LogP contribution in [0.15, 0.2) is 41.3 Å². The van der Waals surface area contributed by atoms with Crippen molar-refractivity contribution in [2.45, 2.75) is 32.4 Å². The number of aromatic nitrogens is 1. The van der Waals surface area contributed by atoms with Gasteiger partial charge in [-0.25, -0.2) is 4.39 Å². The van der Waals surface area contributed by atoms with Crippen LogP contribution in [0.5, 0.6) is 0 Å². The molecule has 1 amide bonds. The summed E-state index contributed by atoms with van der Waals surface area (Å²) in [5.74, 6) is -0.630. The van der Waals surface area contributed by atoms with E-state index in [2.05, 4.69) is 10.2 Å². The molecule has 1 aromatic heterocycles. The van der Waals surface area contributed by atoms with Gasteiger partial charge in [-0.3, -0.25) is 14.5 Å².